The van der Waals surface area contributed by atoms with Gasteiger partial charge in [-0.15, -0.1) is 0 Å². The largest absolute Gasteiger partial charge is 0.459 e. The highest BCUT2D eigenvalue weighted by Crippen LogP contribution is 2.33. The zero-order valence-corrected chi connectivity index (χ0v) is 18.8. The fourth-order valence-corrected chi connectivity index (χ4v) is 3.33. The first-order valence-electron chi connectivity index (χ1n) is 9.93. The van der Waals surface area contributed by atoms with Gasteiger partial charge in [-0.25, -0.2) is 4.79 Å². The number of benzene rings is 3. The van der Waals surface area contributed by atoms with Gasteiger partial charge >= 0.3 is 11.9 Å². The van der Waals surface area contributed by atoms with E-state index in [2.05, 4.69) is 5.32 Å². The summed E-state index contributed by atoms with van der Waals surface area (Å²) in [5.74, 6) is -0.916. The van der Waals surface area contributed by atoms with E-state index < -0.39 is 24.6 Å². The lowest BCUT2D eigenvalue weighted by molar-refractivity contribution is -0.133. The third kappa shape index (κ3) is 6.94. The van der Waals surface area contributed by atoms with Gasteiger partial charge in [-0.05, 0) is 48.0 Å². The molecule has 33 heavy (non-hydrogen) atoms. The molecule has 0 heterocycles. The van der Waals surface area contributed by atoms with Crippen LogP contribution in [0.4, 0.5) is 11.4 Å². The number of carbonyl (C=O) groups is 2. The van der Waals surface area contributed by atoms with Crippen LogP contribution >= 0.6 is 23.2 Å². The molecule has 3 aromatic carbocycles. The second-order valence-corrected chi connectivity index (χ2v) is 7.80. The molecule has 3 rings (SSSR count). The van der Waals surface area contributed by atoms with Gasteiger partial charge in [0, 0.05) is 5.69 Å². The number of aliphatic hydroxyl groups excluding tert-OH is 2. The summed E-state index contributed by atoms with van der Waals surface area (Å²) in [6, 6.07) is 18.2. The lowest BCUT2D eigenvalue weighted by atomic mass is 10.1. The number of nitrogens with one attached hydrogen (secondary N) is 1. The fraction of sp³-hybridized carbons (Fsp3) is 0.167. The predicted octanol–water partition coefficient (Wildman–Crippen LogP) is 4.40. The molecule has 0 aliphatic heterocycles. The molecule has 0 saturated carbocycles. The fourth-order valence-electron chi connectivity index (χ4n) is 2.84. The van der Waals surface area contributed by atoms with E-state index in [4.69, 9.17) is 37.8 Å². The van der Waals surface area contributed by atoms with Crippen LogP contribution in [0, 0.1) is 0 Å². The van der Waals surface area contributed by atoms with Crippen molar-refractivity contribution in [3.63, 3.8) is 0 Å². The van der Waals surface area contributed by atoms with Crippen molar-refractivity contribution in [2.75, 3.05) is 18.5 Å². The molecule has 7 nitrogen and oxygen atoms in total. The van der Waals surface area contributed by atoms with Gasteiger partial charge in [0.1, 0.15) is 18.5 Å². The molecule has 0 radical (unpaired) electrons. The van der Waals surface area contributed by atoms with Crippen molar-refractivity contribution in [2.24, 2.45) is 0 Å². The summed E-state index contributed by atoms with van der Waals surface area (Å²) in [7, 11) is 0. The quantitative estimate of drug-likeness (QED) is 0.302. The molecule has 9 heteroatoms. The van der Waals surface area contributed by atoms with Crippen molar-refractivity contribution in [2.45, 2.75) is 12.5 Å². The van der Waals surface area contributed by atoms with E-state index in [1.54, 1.807) is 36.4 Å². The SMILES string of the molecule is O=C(Cc1ccccc1Nc1c(Cl)cccc1Cl)Oc1ccc(C(=O)OCC(O)CO)cc1. The summed E-state index contributed by atoms with van der Waals surface area (Å²) in [4.78, 5) is 24.4. The van der Waals surface area contributed by atoms with Crippen LogP contribution in [0.5, 0.6) is 5.75 Å². The summed E-state index contributed by atoms with van der Waals surface area (Å²) >= 11 is 12.5. The Kier molecular flexibility index (Phi) is 8.68. The van der Waals surface area contributed by atoms with E-state index in [1.165, 1.54) is 24.3 Å². The minimum Gasteiger partial charge on any atom is -0.459 e. The standard InChI is InChI=1S/C24H21Cl2NO6/c25-19-5-3-6-20(26)23(19)27-21-7-2-1-4-16(21)12-22(30)33-18-10-8-15(9-11-18)24(31)32-14-17(29)13-28/h1-11,17,27-29H,12-14H2. The number of hydrogen-bond acceptors (Lipinski definition) is 7. The Morgan fingerprint density at radius 2 is 1.61 bits per heavy atom. The van der Waals surface area contributed by atoms with Gasteiger partial charge in [-0.1, -0.05) is 47.5 Å². The molecular formula is C24H21Cl2NO6. The number of esters is 2. The Morgan fingerprint density at radius 1 is 0.939 bits per heavy atom. The Hall–Kier alpha value is -3.10. The van der Waals surface area contributed by atoms with Gasteiger partial charge in [0.05, 0.1) is 34.3 Å². The molecule has 3 N–H and O–H groups in total. The van der Waals surface area contributed by atoms with Crippen molar-refractivity contribution >= 4 is 46.5 Å². The topological polar surface area (TPSA) is 105 Å². The van der Waals surface area contributed by atoms with E-state index in [1.807, 2.05) is 6.07 Å². The number of ether oxygens (including phenoxy) is 2. The first-order chi connectivity index (χ1) is 15.9. The first-order valence-corrected chi connectivity index (χ1v) is 10.7. The van der Waals surface area contributed by atoms with Gasteiger partial charge in [-0.2, -0.15) is 0 Å². The van der Waals surface area contributed by atoms with Crippen LogP contribution < -0.4 is 10.1 Å². The summed E-state index contributed by atoms with van der Waals surface area (Å²) in [5, 5.41) is 22.1. The van der Waals surface area contributed by atoms with E-state index in [-0.39, 0.29) is 24.3 Å². The number of aliphatic hydroxyl groups is 2. The number of carbonyl (C=O) groups excluding carboxylic acids is 2. The van der Waals surface area contributed by atoms with Gasteiger partial charge in [-0.3, -0.25) is 4.79 Å². The number of para-hydroxylation sites is 2. The van der Waals surface area contributed by atoms with Gasteiger partial charge < -0.3 is 25.0 Å². The van der Waals surface area contributed by atoms with Crippen molar-refractivity contribution in [3.05, 3.63) is 87.9 Å². The molecule has 0 aliphatic rings. The van der Waals surface area contributed by atoms with Crippen molar-refractivity contribution in [1.29, 1.82) is 0 Å². The van der Waals surface area contributed by atoms with Gasteiger partial charge in [0.25, 0.3) is 0 Å². The molecule has 1 unspecified atom stereocenters. The molecule has 0 saturated heterocycles. The summed E-state index contributed by atoms with van der Waals surface area (Å²) < 4.78 is 10.3. The zero-order chi connectivity index (χ0) is 23.8. The van der Waals surface area contributed by atoms with E-state index >= 15 is 0 Å². The average Bonchev–Trinajstić information content (AvgIpc) is 2.81. The minimum absolute atomic E-state index is 0.0198. The predicted molar refractivity (Wildman–Crippen MR) is 125 cm³/mol. The second-order valence-electron chi connectivity index (χ2n) is 6.99. The first kappa shape index (κ1) is 24.5. The number of hydrogen-bond donors (Lipinski definition) is 3. The zero-order valence-electron chi connectivity index (χ0n) is 17.3. The van der Waals surface area contributed by atoms with Crippen LogP contribution in [0.2, 0.25) is 10.0 Å². The molecule has 0 bridgehead atoms. The second kappa shape index (κ2) is 11.7. The number of rotatable bonds is 9. The highest BCUT2D eigenvalue weighted by Gasteiger charge is 2.14. The van der Waals surface area contributed by atoms with Crippen LogP contribution in [0.25, 0.3) is 0 Å². The van der Waals surface area contributed by atoms with Gasteiger partial charge in [0.15, 0.2) is 0 Å². The minimum atomic E-state index is -1.14. The Labute approximate surface area is 200 Å². The monoisotopic (exact) mass is 489 g/mol. The lowest BCUT2D eigenvalue weighted by Crippen LogP contribution is -2.21. The summed E-state index contributed by atoms with van der Waals surface area (Å²) in [5.41, 5.74) is 2.09. The number of halogens is 2. The van der Waals surface area contributed by atoms with Crippen LogP contribution in [-0.2, 0) is 16.0 Å². The molecule has 0 amide bonds. The van der Waals surface area contributed by atoms with Crippen LogP contribution in [0.3, 0.4) is 0 Å². The van der Waals surface area contributed by atoms with Crippen LogP contribution in [0.15, 0.2) is 66.7 Å². The van der Waals surface area contributed by atoms with Crippen molar-refractivity contribution in [3.8, 4) is 5.75 Å². The summed E-state index contributed by atoms with van der Waals surface area (Å²) in [6.07, 6.45) is -1.16. The third-order valence-electron chi connectivity index (χ3n) is 4.51. The molecular weight excluding hydrogens is 469 g/mol. The maximum Gasteiger partial charge on any atom is 0.338 e. The summed E-state index contributed by atoms with van der Waals surface area (Å²) in [6.45, 7) is -0.828. The Bertz CT molecular complexity index is 1100. The van der Waals surface area contributed by atoms with E-state index in [0.29, 0.717) is 27.0 Å². The Balaban J connectivity index is 1.63. The molecule has 0 spiro atoms. The molecule has 0 aliphatic carbocycles. The maximum atomic E-state index is 12.5. The van der Waals surface area contributed by atoms with E-state index in [0.717, 1.165) is 0 Å². The molecule has 0 aromatic heterocycles. The molecule has 3 aromatic rings. The smallest absolute Gasteiger partial charge is 0.338 e. The molecule has 0 fully saturated rings. The highest BCUT2D eigenvalue weighted by molar-refractivity contribution is 6.39. The van der Waals surface area contributed by atoms with Gasteiger partial charge in [0.2, 0.25) is 0 Å². The third-order valence-corrected chi connectivity index (χ3v) is 5.14. The Morgan fingerprint density at radius 3 is 2.27 bits per heavy atom. The van der Waals surface area contributed by atoms with Crippen molar-refractivity contribution < 1.29 is 29.3 Å². The van der Waals surface area contributed by atoms with E-state index in [9.17, 15) is 14.7 Å². The van der Waals surface area contributed by atoms with Crippen molar-refractivity contribution in [1.82, 2.24) is 0 Å². The average molecular weight is 490 g/mol. The normalized spacial score (nSPS) is 11.5. The molecule has 1 atom stereocenters. The highest BCUT2D eigenvalue weighted by atomic mass is 35.5. The number of anilines is 2. The van der Waals surface area contributed by atoms with Crippen LogP contribution in [-0.4, -0.2) is 41.5 Å². The maximum absolute atomic E-state index is 12.5. The lowest BCUT2D eigenvalue weighted by Gasteiger charge is -2.14. The molecule has 172 valence electrons. The van der Waals surface area contributed by atoms with Crippen LogP contribution in [0.1, 0.15) is 15.9 Å².